The summed E-state index contributed by atoms with van der Waals surface area (Å²) in [5.41, 5.74) is 2.92. The zero-order valence-corrected chi connectivity index (χ0v) is 18.3. The fourth-order valence-corrected chi connectivity index (χ4v) is 4.14. The largest absolute Gasteiger partial charge is 0.344 e. The standard InChI is InChI=1S/C23H23ClN4O4/c1-23(12-11-15-6-3-2-4-7-15)21(31)28(22(32)25-23)26-20(30)16-9-10-17(24)18(14-16)27-13-5-8-19(27)29/h2-4,6-7,9-10,14H,5,8,11-13H2,1H3,(H,25,32)(H,26,30)/t23-/m0/s1. The molecule has 2 saturated heterocycles. The first-order valence-electron chi connectivity index (χ1n) is 10.4. The molecule has 4 rings (SSSR count). The van der Waals surface area contributed by atoms with Gasteiger partial charge in [0.1, 0.15) is 5.54 Å². The molecule has 9 heteroatoms. The first kappa shape index (κ1) is 21.8. The van der Waals surface area contributed by atoms with Gasteiger partial charge in [-0.3, -0.25) is 19.8 Å². The van der Waals surface area contributed by atoms with E-state index in [-0.39, 0.29) is 11.5 Å². The van der Waals surface area contributed by atoms with Crippen LogP contribution < -0.4 is 15.6 Å². The summed E-state index contributed by atoms with van der Waals surface area (Å²) in [7, 11) is 0. The van der Waals surface area contributed by atoms with E-state index in [1.54, 1.807) is 6.92 Å². The normalized spacial score (nSPS) is 20.6. The van der Waals surface area contributed by atoms with Gasteiger partial charge >= 0.3 is 6.03 Å². The number of carbonyl (C=O) groups is 4. The molecule has 0 spiro atoms. The van der Waals surface area contributed by atoms with E-state index in [1.807, 2.05) is 30.3 Å². The molecule has 5 amide bonds. The molecule has 0 bridgehead atoms. The lowest BCUT2D eigenvalue weighted by Gasteiger charge is -2.22. The summed E-state index contributed by atoms with van der Waals surface area (Å²) < 4.78 is 0. The first-order valence-corrected chi connectivity index (χ1v) is 10.8. The second kappa shape index (κ2) is 8.63. The summed E-state index contributed by atoms with van der Waals surface area (Å²) in [6.07, 6.45) is 2.12. The molecular weight excluding hydrogens is 432 g/mol. The van der Waals surface area contributed by atoms with E-state index >= 15 is 0 Å². The number of urea groups is 1. The van der Waals surface area contributed by atoms with Gasteiger partial charge in [-0.2, -0.15) is 5.01 Å². The molecule has 0 aromatic heterocycles. The number of anilines is 1. The number of nitrogens with zero attached hydrogens (tertiary/aromatic N) is 2. The lowest BCUT2D eigenvalue weighted by molar-refractivity contribution is -0.132. The minimum atomic E-state index is -1.13. The van der Waals surface area contributed by atoms with Gasteiger partial charge in [0.15, 0.2) is 0 Å². The molecule has 0 aliphatic carbocycles. The van der Waals surface area contributed by atoms with Gasteiger partial charge in [0.25, 0.3) is 11.8 Å². The molecule has 2 aliphatic rings. The average Bonchev–Trinajstić information content (AvgIpc) is 3.30. The molecule has 0 saturated carbocycles. The second-order valence-corrected chi connectivity index (χ2v) is 8.55. The number of hydrogen-bond donors (Lipinski definition) is 2. The van der Waals surface area contributed by atoms with Crippen LogP contribution in [0.4, 0.5) is 10.5 Å². The number of halogens is 1. The van der Waals surface area contributed by atoms with Gasteiger partial charge in [0.05, 0.1) is 10.7 Å². The van der Waals surface area contributed by atoms with Crippen molar-refractivity contribution in [2.45, 2.75) is 38.1 Å². The number of benzene rings is 2. The molecule has 1 atom stereocenters. The Balaban J connectivity index is 1.47. The van der Waals surface area contributed by atoms with Crippen molar-refractivity contribution < 1.29 is 19.2 Å². The van der Waals surface area contributed by atoms with Gasteiger partial charge in [-0.05, 0) is 49.9 Å². The number of rotatable bonds is 6. The molecule has 8 nitrogen and oxygen atoms in total. The molecule has 166 valence electrons. The van der Waals surface area contributed by atoms with E-state index < -0.39 is 23.4 Å². The highest BCUT2D eigenvalue weighted by atomic mass is 35.5. The number of imide groups is 1. The quantitative estimate of drug-likeness (QED) is 0.655. The fourth-order valence-electron chi connectivity index (χ4n) is 3.92. The third-order valence-corrected chi connectivity index (χ3v) is 6.12. The molecule has 2 aliphatic heterocycles. The van der Waals surface area contributed by atoms with Crippen molar-refractivity contribution in [3.05, 3.63) is 64.7 Å². The SMILES string of the molecule is C[C@@]1(CCc2ccccc2)NC(=O)N(NC(=O)c2ccc(Cl)c(N3CCCC3=O)c2)C1=O. The third kappa shape index (κ3) is 4.18. The summed E-state index contributed by atoms with van der Waals surface area (Å²) in [6, 6.07) is 13.4. The van der Waals surface area contributed by atoms with Gasteiger partial charge in [0.2, 0.25) is 5.91 Å². The van der Waals surface area contributed by atoms with Crippen LogP contribution >= 0.6 is 11.6 Å². The van der Waals surface area contributed by atoms with Crippen LogP contribution in [-0.2, 0) is 16.0 Å². The maximum absolute atomic E-state index is 13.0. The van der Waals surface area contributed by atoms with Crippen molar-refractivity contribution in [3.8, 4) is 0 Å². The molecular formula is C23H23ClN4O4. The van der Waals surface area contributed by atoms with Gasteiger partial charge in [-0.25, -0.2) is 4.79 Å². The average molecular weight is 455 g/mol. The molecule has 0 radical (unpaired) electrons. The van der Waals surface area contributed by atoms with Crippen LogP contribution in [0.15, 0.2) is 48.5 Å². The second-order valence-electron chi connectivity index (χ2n) is 8.14. The monoisotopic (exact) mass is 454 g/mol. The molecule has 2 heterocycles. The molecule has 2 fully saturated rings. The van der Waals surface area contributed by atoms with Crippen LogP contribution in [0.1, 0.15) is 42.1 Å². The zero-order valence-electron chi connectivity index (χ0n) is 17.6. The van der Waals surface area contributed by atoms with E-state index in [2.05, 4.69) is 10.7 Å². The van der Waals surface area contributed by atoms with Crippen molar-refractivity contribution >= 4 is 41.0 Å². The van der Waals surface area contributed by atoms with Crippen molar-refractivity contribution in [1.29, 1.82) is 0 Å². The Kier molecular flexibility index (Phi) is 5.88. The lowest BCUT2D eigenvalue weighted by Crippen LogP contribution is -2.49. The Hall–Kier alpha value is -3.39. The lowest BCUT2D eigenvalue weighted by atomic mass is 9.93. The Morgan fingerprint density at radius 1 is 1.16 bits per heavy atom. The van der Waals surface area contributed by atoms with E-state index in [9.17, 15) is 19.2 Å². The predicted molar refractivity (Wildman–Crippen MR) is 119 cm³/mol. The van der Waals surface area contributed by atoms with Gasteiger partial charge in [0, 0.05) is 18.5 Å². The van der Waals surface area contributed by atoms with Crippen LogP contribution in [-0.4, -0.2) is 40.8 Å². The van der Waals surface area contributed by atoms with Crippen LogP contribution in [0.25, 0.3) is 0 Å². The van der Waals surface area contributed by atoms with Crippen molar-refractivity contribution in [2.24, 2.45) is 0 Å². The number of hydrogen-bond acceptors (Lipinski definition) is 4. The number of nitrogens with one attached hydrogen (secondary N) is 2. The first-order chi connectivity index (χ1) is 15.3. The van der Waals surface area contributed by atoms with E-state index in [0.29, 0.717) is 41.5 Å². The number of hydrazine groups is 1. The van der Waals surface area contributed by atoms with E-state index in [1.165, 1.54) is 23.1 Å². The highest BCUT2D eigenvalue weighted by Gasteiger charge is 2.48. The Morgan fingerprint density at radius 3 is 2.59 bits per heavy atom. The molecule has 32 heavy (non-hydrogen) atoms. The number of amides is 5. The van der Waals surface area contributed by atoms with Crippen LogP contribution in [0.3, 0.4) is 0 Å². The smallest absolute Gasteiger partial charge is 0.322 e. The van der Waals surface area contributed by atoms with Gasteiger partial charge in [-0.15, -0.1) is 0 Å². The highest BCUT2D eigenvalue weighted by molar-refractivity contribution is 6.34. The minimum Gasteiger partial charge on any atom is -0.322 e. The number of aryl methyl sites for hydroxylation is 1. The Bertz CT molecular complexity index is 1090. The molecule has 0 unspecified atom stereocenters. The van der Waals surface area contributed by atoms with Crippen LogP contribution in [0.2, 0.25) is 5.02 Å². The minimum absolute atomic E-state index is 0.0623. The molecule has 2 aromatic rings. The maximum atomic E-state index is 13.0. The van der Waals surface area contributed by atoms with E-state index in [4.69, 9.17) is 11.6 Å². The highest BCUT2D eigenvalue weighted by Crippen LogP contribution is 2.30. The summed E-state index contributed by atoms with van der Waals surface area (Å²) in [6.45, 7) is 2.16. The maximum Gasteiger partial charge on any atom is 0.344 e. The van der Waals surface area contributed by atoms with Gasteiger partial charge < -0.3 is 10.2 Å². The van der Waals surface area contributed by atoms with E-state index in [0.717, 1.165) is 12.0 Å². The summed E-state index contributed by atoms with van der Waals surface area (Å²) >= 11 is 6.23. The molecule has 2 aromatic carbocycles. The summed E-state index contributed by atoms with van der Waals surface area (Å²) in [5, 5.41) is 3.74. The third-order valence-electron chi connectivity index (χ3n) is 5.80. The Labute approximate surface area is 190 Å². The van der Waals surface area contributed by atoms with Crippen molar-refractivity contribution in [2.75, 3.05) is 11.4 Å². The van der Waals surface area contributed by atoms with Crippen LogP contribution in [0.5, 0.6) is 0 Å². The number of carbonyl (C=O) groups excluding carboxylic acids is 4. The van der Waals surface area contributed by atoms with Crippen LogP contribution in [0, 0.1) is 0 Å². The summed E-state index contributed by atoms with van der Waals surface area (Å²) in [4.78, 5) is 51.8. The van der Waals surface area contributed by atoms with Gasteiger partial charge in [-0.1, -0.05) is 41.9 Å². The predicted octanol–water partition coefficient (Wildman–Crippen LogP) is 3.05. The molecule has 2 N–H and O–H groups in total. The van der Waals surface area contributed by atoms with Crippen molar-refractivity contribution in [1.82, 2.24) is 15.8 Å². The summed E-state index contributed by atoms with van der Waals surface area (Å²) in [5.74, 6) is -1.24. The fraction of sp³-hybridized carbons (Fsp3) is 0.304. The zero-order chi connectivity index (χ0) is 22.9. The Morgan fingerprint density at radius 2 is 1.91 bits per heavy atom. The topological polar surface area (TPSA) is 98.8 Å². The van der Waals surface area contributed by atoms with Crippen molar-refractivity contribution in [3.63, 3.8) is 0 Å².